The minimum atomic E-state index is -1.03. The van der Waals surface area contributed by atoms with Crippen LogP contribution in [0.1, 0.15) is 0 Å². The van der Waals surface area contributed by atoms with E-state index in [1.807, 2.05) is 18.5 Å². The summed E-state index contributed by atoms with van der Waals surface area (Å²) in [7, 11) is 0.594. The van der Waals surface area contributed by atoms with E-state index in [9.17, 15) is 0 Å². The summed E-state index contributed by atoms with van der Waals surface area (Å²) in [5.74, 6) is 0.617. The van der Waals surface area contributed by atoms with E-state index in [0.717, 1.165) is 22.0 Å². The van der Waals surface area contributed by atoms with Crippen molar-refractivity contribution < 1.29 is 9.47 Å². The van der Waals surface area contributed by atoms with Crippen molar-refractivity contribution in [3.63, 3.8) is 0 Å². The lowest BCUT2D eigenvalue weighted by atomic mass is 10.3. The molecule has 0 atom stereocenters. The fraction of sp³-hybridized carbons (Fsp3) is 0.500. The molecule has 0 saturated heterocycles. The van der Waals surface area contributed by atoms with E-state index in [1.165, 1.54) is 6.04 Å². The van der Waals surface area contributed by atoms with Crippen molar-refractivity contribution in [2.24, 2.45) is 0 Å². The molecule has 0 aliphatic heterocycles. The van der Waals surface area contributed by atoms with Gasteiger partial charge in [-0.1, -0.05) is 19.6 Å². The quantitative estimate of drug-likeness (QED) is 0.576. The molecular formula is C14H21BrN2O2Si. The second-order valence-electron chi connectivity index (χ2n) is 6.04. The van der Waals surface area contributed by atoms with Crippen LogP contribution in [0.3, 0.4) is 0 Å². The van der Waals surface area contributed by atoms with E-state index in [4.69, 9.17) is 9.47 Å². The topological polar surface area (TPSA) is 36.3 Å². The van der Waals surface area contributed by atoms with E-state index in [2.05, 4.69) is 45.1 Å². The molecule has 0 aliphatic rings. The predicted molar refractivity (Wildman–Crippen MR) is 88.1 cm³/mol. The van der Waals surface area contributed by atoms with Crippen LogP contribution in [0.4, 0.5) is 0 Å². The minimum Gasteiger partial charge on any atom is -0.481 e. The summed E-state index contributed by atoms with van der Waals surface area (Å²) in [6.07, 6.45) is 3.84. The van der Waals surface area contributed by atoms with Gasteiger partial charge in [0.1, 0.15) is 6.73 Å². The number of ether oxygens (including phenoxy) is 2. The van der Waals surface area contributed by atoms with Gasteiger partial charge in [-0.25, -0.2) is 4.98 Å². The Bertz CT molecular complexity index is 593. The van der Waals surface area contributed by atoms with E-state index in [1.54, 1.807) is 7.11 Å². The number of aromatic nitrogens is 2. The molecule has 0 amide bonds. The van der Waals surface area contributed by atoms with Gasteiger partial charge in [0.25, 0.3) is 0 Å². The van der Waals surface area contributed by atoms with Crippen molar-refractivity contribution in [2.45, 2.75) is 32.4 Å². The van der Waals surface area contributed by atoms with Crippen molar-refractivity contribution in [1.29, 1.82) is 0 Å². The van der Waals surface area contributed by atoms with Crippen LogP contribution in [0.15, 0.2) is 22.9 Å². The van der Waals surface area contributed by atoms with E-state index >= 15 is 0 Å². The summed E-state index contributed by atoms with van der Waals surface area (Å²) in [6.45, 7) is 8.44. The van der Waals surface area contributed by atoms with Gasteiger partial charge in [0.2, 0.25) is 5.88 Å². The van der Waals surface area contributed by atoms with Gasteiger partial charge in [-0.2, -0.15) is 0 Å². The Morgan fingerprint density at radius 1 is 1.35 bits per heavy atom. The third-order valence-electron chi connectivity index (χ3n) is 3.13. The Morgan fingerprint density at radius 2 is 2.10 bits per heavy atom. The molecule has 0 radical (unpaired) electrons. The Labute approximate surface area is 129 Å². The van der Waals surface area contributed by atoms with Gasteiger partial charge in [0.05, 0.1) is 12.6 Å². The molecule has 0 saturated carbocycles. The molecule has 110 valence electrons. The molecule has 0 fully saturated rings. The van der Waals surface area contributed by atoms with Crippen molar-refractivity contribution in [1.82, 2.24) is 9.55 Å². The average molecular weight is 357 g/mol. The van der Waals surface area contributed by atoms with E-state index in [-0.39, 0.29) is 0 Å². The van der Waals surface area contributed by atoms with Gasteiger partial charge in [-0.05, 0) is 22.0 Å². The average Bonchev–Trinajstić information content (AvgIpc) is 2.70. The first-order chi connectivity index (χ1) is 9.40. The molecule has 0 aromatic carbocycles. The summed E-state index contributed by atoms with van der Waals surface area (Å²) in [5, 5.41) is 1.07. The largest absolute Gasteiger partial charge is 0.481 e. The summed E-state index contributed by atoms with van der Waals surface area (Å²) in [5.41, 5.74) is 1.07. The highest BCUT2D eigenvalue weighted by Gasteiger charge is 2.13. The van der Waals surface area contributed by atoms with Gasteiger partial charge in [-0.3, -0.25) is 0 Å². The maximum absolute atomic E-state index is 5.81. The third-order valence-corrected chi connectivity index (χ3v) is 5.46. The normalized spacial score (nSPS) is 12.1. The third kappa shape index (κ3) is 3.83. The number of fused-ring (bicyclic) bond motifs is 1. The van der Waals surface area contributed by atoms with Crippen LogP contribution < -0.4 is 4.74 Å². The van der Waals surface area contributed by atoms with Crippen LogP contribution in [0.2, 0.25) is 25.7 Å². The SMILES string of the molecule is COc1cc2c(cn1)c(Br)cn2COCC[Si](C)(C)C. The summed E-state index contributed by atoms with van der Waals surface area (Å²) < 4.78 is 14.1. The number of pyridine rings is 1. The van der Waals surface area contributed by atoms with Gasteiger partial charge >= 0.3 is 0 Å². The van der Waals surface area contributed by atoms with Gasteiger partial charge in [-0.15, -0.1) is 0 Å². The minimum absolute atomic E-state index is 0.555. The van der Waals surface area contributed by atoms with Crippen molar-refractivity contribution >= 4 is 34.9 Å². The smallest absolute Gasteiger partial charge is 0.215 e. The van der Waals surface area contributed by atoms with Crippen LogP contribution in [0, 0.1) is 0 Å². The molecule has 2 aromatic rings. The number of hydrogen-bond acceptors (Lipinski definition) is 3. The Kier molecular flexibility index (Phi) is 4.88. The zero-order valence-corrected chi connectivity index (χ0v) is 15.0. The molecule has 4 nitrogen and oxygen atoms in total. The molecule has 0 aliphatic carbocycles. The molecule has 0 N–H and O–H groups in total. The standard InChI is InChI=1S/C14H21BrN2O2Si/c1-18-14-7-13-11(8-16-14)12(15)9-17(13)10-19-5-6-20(2,3)4/h7-9H,5-6,10H2,1-4H3. The number of rotatable bonds is 6. The van der Waals surface area contributed by atoms with Crippen LogP contribution in [-0.2, 0) is 11.5 Å². The van der Waals surface area contributed by atoms with Gasteiger partial charge < -0.3 is 14.0 Å². The second kappa shape index (κ2) is 6.28. The Balaban J connectivity index is 2.09. The van der Waals surface area contributed by atoms with E-state index < -0.39 is 8.07 Å². The molecular weight excluding hydrogens is 336 g/mol. The maximum atomic E-state index is 5.81. The highest BCUT2D eigenvalue weighted by Crippen LogP contribution is 2.27. The molecule has 0 bridgehead atoms. The van der Waals surface area contributed by atoms with Crippen LogP contribution in [0.25, 0.3) is 10.9 Å². The number of nitrogens with zero attached hydrogens (tertiary/aromatic N) is 2. The fourth-order valence-corrected chi connectivity index (χ4v) is 3.19. The number of methoxy groups -OCH3 is 1. The molecule has 2 aromatic heterocycles. The van der Waals surface area contributed by atoms with Crippen molar-refractivity contribution in [2.75, 3.05) is 13.7 Å². The monoisotopic (exact) mass is 356 g/mol. The second-order valence-corrected chi connectivity index (χ2v) is 12.5. The van der Waals surface area contributed by atoms with Crippen molar-refractivity contribution in [3.05, 3.63) is 22.9 Å². The first-order valence-corrected chi connectivity index (χ1v) is 11.2. The van der Waals surface area contributed by atoms with Crippen molar-refractivity contribution in [3.8, 4) is 5.88 Å². The highest BCUT2D eigenvalue weighted by molar-refractivity contribution is 9.10. The maximum Gasteiger partial charge on any atom is 0.215 e. The molecule has 2 rings (SSSR count). The molecule has 0 spiro atoms. The van der Waals surface area contributed by atoms with Crippen LogP contribution in [0.5, 0.6) is 5.88 Å². The Morgan fingerprint density at radius 3 is 2.75 bits per heavy atom. The van der Waals surface area contributed by atoms with Crippen LogP contribution >= 0.6 is 15.9 Å². The first-order valence-electron chi connectivity index (χ1n) is 6.67. The molecule has 20 heavy (non-hydrogen) atoms. The molecule has 6 heteroatoms. The summed E-state index contributed by atoms with van der Waals surface area (Å²) in [6, 6.07) is 3.11. The first kappa shape index (κ1) is 15.5. The fourth-order valence-electron chi connectivity index (χ4n) is 1.88. The summed E-state index contributed by atoms with van der Waals surface area (Å²) >= 11 is 3.55. The lowest BCUT2D eigenvalue weighted by molar-refractivity contribution is 0.0901. The number of hydrogen-bond donors (Lipinski definition) is 0. The Hall–Kier alpha value is -0.853. The van der Waals surface area contributed by atoms with E-state index in [0.29, 0.717) is 12.6 Å². The predicted octanol–water partition coefficient (Wildman–Crippen LogP) is 4.12. The molecule has 0 unspecified atom stereocenters. The van der Waals surface area contributed by atoms with Gasteiger partial charge in [0, 0.05) is 43.0 Å². The lowest BCUT2D eigenvalue weighted by Gasteiger charge is -2.15. The highest BCUT2D eigenvalue weighted by atomic mass is 79.9. The summed E-state index contributed by atoms with van der Waals surface area (Å²) in [4.78, 5) is 4.23. The zero-order valence-electron chi connectivity index (χ0n) is 12.4. The zero-order chi connectivity index (χ0) is 14.8. The molecule has 2 heterocycles. The van der Waals surface area contributed by atoms with Gasteiger partial charge in [0.15, 0.2) is 0 Å². The number of halogens is 1. The lowest BCUT2D eigenvalue weighted by Crippen LogP contribution is -2.21. The van der Waals surface area contributed by atoms with Crippen LogP contribution in [-0.4, -0.2) is 31.3 Å².